The molecule has 15 nitrogen and oxygen atoms in total. The molecule has 1 saturated carbocycles. The van der Waals surface area contributed by atoms with Gasteiger partial charge in [-0.3, -0.25) is 0 Å². The van der Waals surface area contributed by atoms with Crippen LogP contribution in [0, 0.1) is 0 Å². The molecule has 0 radical (unpaired) electrons. The maximum Gasteiger partial charge on any atom is 0.187 e. The van der Waals surface area contributed by atoms with Crippen molar-refractivity contribution in [1.29, 1.82) is 0 Å². The normalized spacial score (nSPS) is 53.7. The molecule has 33 heavy (non-hydrogen) atoms. The van der Waals surface area contributed by atoms with Gasteiger partial charge in [-0.1, -0.05) is 0 Å². The number of ether oxygens (including phenoxy) is 4. The van der Waals surface area contributed by atoms with Crippen molar-refractivity contribution < 1.29 is 54.7 Å². The van der Waals surface area contributed by atoms with Crippen molar-refractivity contribution in [2.24, 2.45) is 22.9 Å². The zero-order valence-corrected chi connectivity index (χ0v) is 17.9. The van der Waals surface area contributed by atoms with Crippen LogP contribution in [0.5, 0.6) is 0 Å². The van der Waals surface area contributed by atoms with Gasteiger partial charge < -0.3 is 77.6 Å². The molecule has 2 aliphatic heterocycles. The molecule has 15 atom stereocenters. The average molecular weight is 485 g/mol. The molecule has 0 bridgehead atoms. The Balaban J connectivity index is 1.72. The Labute approximate surface area is 189 Å². The summed E-state index contributed by atoms with van der Waals surface area (Å²) in [6.45, 7) is -0.763. The molecule has 15 heteroatoms. The van der Waals surface area contributed by atoms with Gasteiger partial charge in [0.25, 0.3) is 0 Å². The van der Waals surface area contributed by atoms with Crippen LogP contribution in [0.15, 0.2) is 0 Å². The van der Waals surface area contributed by atoms with E-state index in [1.807, 2.05) is 0 Å². The molecule has 0 amide bonds. The Morgan fingerprint density at radius 2 is 1.18 bits per heavy atom. The molecular formula is C18H36N4O11. The van der Waals surface area contributed by atoms with E-state index in [4.69, 9.17) is 41.9 Å². The molecule has 0 aromatic heterocycles. The van der Waals surface area contributed by atoms with Gasteiger partial charge in [-0.15, -0.1) is 0 Å². The van der Waals surface area contributed by atoms with Gasteiger partial charge in [-0.2, -0.15) is 0 Å². The second kappa shape index (κ2) is 11.0. The van der Waals surface area contributed by atoms with Crippen molar-refractivity contribution in [3.05, 3.63) is 0 Å². The van der Waals surface area contributed by atoms with Crippen LogP contribution in [0.1, 0.15) is 6.42 Å². The van der Waals surface area contributed by atoms with Crippen molar-refractivity contribution in [2.45, 2.75) is 98.2 Å². The number of rotatable bonds is 6. The first-order valence-electron chi connectivity index (χ1n) is 10.8. The quantitative estimate of drug-likeness (QED) is 0.167. The van der Waals surface area contributed by atoms with Crippen LogP contribution in [0.25, 0.3) is 0 Å². The summed E-state index contributed by atoms with van der Waals surface area (Å²) in [5, 5.41) is 70.9. The molecule has 0 aromatic carbocycles. The van der Waals surface area contributed by atoms with Gasteiger partial charge in [0, 0.05) is 18.6 Å². The Bertz CT molecular complexity index is 584. The Hall–Kier alpha value is -0.600. The molecule has 3 rings (SSSR count). The minimum atomic E-state index is -1.66. The monoisotopic (exact) mass is 484 g/mol. The molecule has 2 unspecified atom stereocenters. The number of nitrogens with two attached hydrogens (primary N) is 4. The maximum absolute atomic E-state index is 10.9. The minimum Gasteiger partial charge on any atom is -0.394 e. The maximum atomic E-state index is 10.9. The number of hydrogen-bond acceptors (Lipinski definition) is 15. The van der Waals surface area contributed by atoms with Crippen molar-refractivity contribution in [3.63, 3.8) is 0 Å². The van der Waals surface area contributed by atoms with Crippen molar-refractivity contribution in [1.82, 2.24) is 0 Å². The van der Waals surface area contributed by atoms with E-state index in [0.717, 1.165) is 0 Å². The topological polar surface area (TPSA) is 283 Å². The van der Waals surface area contributed by atoms with Crippen LogP contribution in [-0.4, -0.2) is 141 Å². The van der Waals surface area contributed by atoms with Crippen LogP contribution in [-0.2, 0) is 18.9 Å². The van der Waals surface area contributed by atoms with Gasteiger partial charge in [-0.05, 0) is 6.42 Å². The van der Waals surface area contributed by atoms with Crippen LogP contribution in [0.4, 0.5) is 0 Å². The SMILES string of the molecule is NC[C@H]1O[C@H](O[C@H]2[C@H](O)[C@@H](O[C@H]3O[C@H](CO)[C@@H](O)C(N)C3O)[C@H](N)C[C@@H]2N)[C@H](O)[C@@H](O)[C@@H]1O. The molecule has 194 valence electrons. The highest BCUT2D eigenvalue weighted by Gasteiger charge is 2.51. The third-order valence-electron chi connectivity index (χ3n) is 6.48. The number of aliphatic hydroxyl groups excluding tert-OH is 7. The van der Waals surface area contributed by atoms with Crippen molar-refractivity contribution in [3.8, 4) is 0 Å². The zero-order valence-electron chi connectivity index (χ0n) is 17.9. The molecule has 3 aliphatic rings. The first kappa shape index (κ1) is 27.0. The lowest BCUT2D eigenvalue weighted by Gasteiger charge is -2.48. The molecule has 0 spiro atoms. The second-order valence-corrected chi connectivity index (χ2v) is 8.79. The largest absolute Gasteiger partial charge is 0.394 e. The summed E-state index contributed by atoms with van der Waals surface area (Å²) in [6, 6.07) is -2.86. The van der Waals surface area contributed by atoms with Gasteiger partial charge in [-0.25, -0.2) is 0 Å². The second-order valence-electron chi connectivity index (χ2n) is 8.79. The summed E-state index contributed by atoms with van der Waals surface area (Å²) >= 11 is 0. The predicted octanol–water partition coefficient (Wildman–Crippen LogP) is -7.29. The summed E-state index contributed by atoms with van der Waals surface area (Å²) in [6.07, 6.45) is -16.5. The van der Waals surface area contributed by atoms with Gasteiger partial charge in [0.2, 0.25) is 0 Å². The van der Waals surface area contributed by atoms with E-state index in [0.29, 0.717) is 0 Å². The van der Waals surface area contributed by atoms with E-state index < -0.39 is 98.4 Å². The molecule has 15 N–H and O–H groups in total. The van der Waals surface area contributed by atoms with Crippen molar-refractivity contribution >= 4 is 0 Å². The minimum absolute atomic E-state index is 0.0849. The fraction of sp³-hybridized carbons (Fsp3) is 1.00. The van der Waals surface area contributed by atoms with E-state index in [-0.39, 0.29) is 13.0 Å². The highest BCUT2D eigenvalue weighted by molar-refractivity contribution is 5.01. The number of hydrogen-bond donors (Lipinski definition) is 11. The molecule has 0 aromatic rings. The van der Waals surface area contributed by atoms with Crippen LogP contribution < -0.4 is 22.9 Å². The predicted molar refractivity (Wildman–Crippen MR) is 108 cm³/mol. The summed E-state index contributed by atoms with van der Waals surface area (Å²) in [4.78, 5) is 0. The molecule has 1 aliphatic carbocycles. The van der Waals surface area contributed by atoms with E-state index in [1.165, 1.54) is 0 Å². The fourth-order valence-electron chi connectivity index (χ4n) is 4.40. The summed E-state index contributed by atoms with van der Waals surface area (Å²) in [5.74, 6) is 0. The first-order valence-corrected chi connectivity index (χ1v) is 10.8. The van der Waals surface area contributed by atoms with Crippen LogP contribution >= 0.6 is 0 Å². The van der Waals surface area contributed by atoms with Gasteiger partial charge >= 0.3 is 0 Å². The van der Waals surface area contributed by atoms with Gasteiger partial charge in [0.15, 0.2) is 12.6 Å². The third kappa shape index (κ3) is 5.32. The smallest absolute Gasteiger partial charge is 0.187 e. The Morgan fingerprint density at radius 3 is 1.70 bits per heavy atom. The van der Waals surface area contributed by atoms with Crippen LogP contribution in [0.3, 0.4) is 0 Å². The zero-order chi connectivity index (χ0) is 24.6. The van der Waals surface area contributed by atoms with Crippen molar-refractivity contribution in [2.75, 3.05) is 13.2 Å². The molecular weight excluding hydrogens is 448 g/mol. The standard InChI is InChI=1S/C18H36N4O11/c19-2-6-10(25)12(27)13(28)18(30-6)33-16-5(21)1-4(20)15(14(16)29)32-17-11(26)8(22)9(24)7(3-23)31-17/h4-18,23-29H,1-3,19-22H2/t4-,5+,6-,7-,8?,9-,10-,11?,12+,13-,14-,15+,16-,17-,18-/m1/s1. The fourth-order valence-corrected chi connectivity index (χ4v) is 4.40. The number of aliphatic hydroxyl groups is 7. The summed E-state index contributed by atoms with van der Waals surface area (Å²) in [7, 11) is 0. The average Bonchev–Trinajstić information content (AvgIpc) is 2.79. The van der Waals surface area contributed by atoms with Crippen LogP contribution in [0.2, 0.25) is 0 Å². The highest BCUT2D eigenvalue weighted by Crippen LogP contribution is 2.31. The van der Waals surface area contributed by atoms with E-state index >= 15 is 0 Å². The first-order chi connectivity index (χ1) is 15.5. The van der Waals surface area contributed by atoms with Gasteiger partial charge in [0.1, 0.15) is 61.0 Å². The molecule has 2 heterocycles. The van der Waals surface area contributed by atoms with E-state index in [9.17, 15) is 35.7 Å². The lowest BCUT2D eigenvalue weighted by Crippen LogP contribution is -2.68. The summed E-state index contributed by atoms with van der Waals surface area (Å²) < 4.78 is 22.2. The molecule has 2 saturated heterocycles. The summed E-state index contributed by atoms with van der Waals surface area (Å²) in [5.41, 5.74) is 23.5. The highest BCUT2D eigenvalue weighted by atomic mass is 16.7. The lowest BCUT2D eigenvalue weighted by molar-refractivity contribution is -0.332. The lowest BCUT2D eigenvalue weighted by atomic mass is 9.84. The Kier molecular flexibility index (Phi) is 8.99. The van der Waals surface area contributed by atoms with E-state index in [2.05, 4.69) is 0 Å². The third-order valence-corrected chi connectivity index (χ3v) is 6.48. The van der Waals surface area contributed by atoms with E-state index in [1.54, 1.807) is 0 Å². The van der Waals surface area contributed by atoms with Gasteiger partial charge in [0.05, 0.1) is 12.6 Å². The Morgan fingerprint density at radius 1 is 0.667 bits per heavy atom. The molecule has 3 fully saturated rings.